The molecule has 0 bridgehead atoms. The van der Waals surface area contributed by atoms with Gasteiger partial charge in [0.2, 0.25) is 0 Å². The maximum atomic E-state index is 6.41. The average molecular weight is 350 g/mol. The summed E-state index contributed by atoms with van der Waals surface area (Å²) in [6.07, 6.45) is 8.68. The highest BCUT2D eigenvalue weighted by Crippen LogP contribution is 2.41. The van der Waals surface area contributed by atoms with Crippen LogP contribution in [0.3, 0.4) is 0 Å². The van der Waals surface area contributed by atoms with Gasteiger partial charge in [0.15, 0.2) is 5.65 Å². The van der Waals surface area contributed by atoms with Crippen LogP contribution in [-0.4, -0.2) is 20.6 Å². The first-order valence-electron chi connectivity index (χ1n) is 9.40. The van der Waals surface area contributed by atoms with Crippen LogP contribution in [0.1, 0.15) is 49.7 Å². The molecule has 0 spiro atoms. The summed E-state index contributed by atoms with van der Waals surface area (Å²) < 4.78 is 1.75. The van der Waals surface area contributed by atoms with Gasteiger partial charge in [-0.25, -0.2) is 9.50 Å². The standard InChI is InChI=1S/C20H26N6/c1-2-13-5-3-4-6-16(13)24-18-17(14-7-9-15(21)10-8-14)19(22)25-26-12-11-23-20(18)26/h3-6,11-12,14-15,24H,2,7-10,21H2,1H3,(H2,22,25)/t14-,15-. The van der Waals surface area contributed by atoms with Crippen molar-refractivity contribution in [2.75, 3.05) is 11.1 Å². The number of nitrogens with two attached hydrogens (primary N) is 2. The first-order valence-corrected chi connectivity index (χ1v) is 9.40. The topological polar surface area (TPSA) is 94.3 Å². The molecule has 6 nitrogen and oxygen atoms in total. The predicted molar refractivity (Wildman–Crippen MR) is 106 cm³/mol. The van der Waals surface area contributed by atoms with E-state index < -0.39 is 0 Å². The van der Waals surface area contributed by atoms with E-state index in [1.165, 1.54) is 5.56 Å². The van der Waals surface area contributed by atoms with Gasteiger partial charge in [-0.1, -0.05) is 25.1 Å². The van der Waals surface area contributed by atoms with Crippen LogP contribution < -0.4 is 16.8 Å². The molecule has 136 valence electrons. The molecule has 2 aromatic heterocycles. The Morgan fingerprint density at radius 1 is 1.19 bits per heavy atom. The second-order valence-electron chi connectivity index (χ2n) is 7.12. The number of nitrogens with one attached hydrogen (secondary N) is 1. The third kappa shape index (κ3) is 3.01. The molecule has 0 saturated heterocycles. The SMILES string of the molecule is CCc1ccccc1Nc1c2nccn2nc(N)c1[C@H]1CC[C@H](N)CC1. The summed E-state index contributed by atoms with van der Waals surface area (Å²) in [7, 11) is 0. The highest BCUT2D eigenvalue weighted by molar-refractivity contribution is 5.81. The third-order valence-electron chi connectivity index (χ3n) is 5.44. The number of para-hydroxylation sites is 1. The van der Waals surface area contributed by atoms with Gasteiger partial charge in [0.05, 0.1) is 5.69 Å². The number of hydrogen-bond acceptors (Lipinski definition) is 5. The van der Waals surface area contributed by atoms with E-state index >= 15 is 0 Å². The van der Waals surface area contributed by atoms with E-state index in [4.69, 9.17) is 11.5 Å². The Labute approximate surface area is 153 Å². The number of nitrogens with zero attached hydrogens (tertiary/aromatic N) is 3. The normalized spacial score (nSPS) is 20.4. The Bertz CT molecular complexity index is 908. The Morgan fingerprint density at radius 3 is 2.73 bits per heavy atom. The molecule has 4 rings (SSSR count). The van der Waals surface area contributed by atoms with E-state index in [1.807, 2.05) is 12.3 Å². The van der Waals surface area contributed by atoms with E-state index in [0.29, 0.717) is 17.8 Å². The first kappa shape index (κ1) is 16.8. The fourth-order valence-electron chi connectivity index (χ4n) is 4.00. The molecule has 0 atom stereocenters. The fourth-order valence-corrected chi connectivity index (χ4v) is 4.00. The molecule has 1 fully saturated rings. The van der Waals surface area contributed by atoms with Gasteiger partial charge < -0.3 is 16.8 Å². The molecule has 6 heteroatoms. The average Bonchev–Trinajstić information content (AvgIpc) is 3.11. The number of imidazole rings is 1. The maximum absolute atomic E-state index is 6.41. The molecule has 0 unspecified atom stereocenters. The minimum absolute atomic E-state index is 0.299. The number of hydrogen-bond donors (Lipinski definition) is 3. The molecule has 1 aromatic carbocycles. The molecule has 5 N–H and O–H groups in total. The summed E-state index contributed by atoms with van der Waals surface area (Å²) in [5.74, 6) is 0.938. The Hall–Kier alpha value is -2.60. The van der Waals surface area contributed by atoms with Crippen LogP contribution in [0.15, 0.2) is 36.7 Å². The molecule has 3 aromatic rings. The van der Waals surface area contributed by atoms with Crippen molar-refractivity contribution >= 4 is 22.8 Å². The zero-order valence-electron chi connectivity index (χ0n) is 15.2. The molecule has 1 aliphatic carbocycles. The van der Waals surface area contributed by atoms with Gasteiger partial charge in [-0.15, -0.1) is 5.10 Å². The summed E-state index contributed by atoms with van der Waals surface area (Å²) >= 11 is 0. The van der Waals surface area contributed by atoms with Gasteiger partial charge in [-0.3, -0.25) is 0 Å². The van der Waals surface area contributed by atoms with Crippen molar-refractivity contribution in [2.24, 2.45) is 5.73 Å². The second-order valence-corrected chi connectivity index (χ2v) is 7.12. The van der Waals surface area contributed by atoms with Crippen molar-refractivity contribution in [3.63, 3.8) is 0 Å². The Balaban J connectivity index is 1.83. The largest absolute Gasteiger partial charge is 0.382 e. The number of aromatic nitrogens is 3. The Morgan fingerprint density at radius 2 is 1.96 bits per heavy atom. The third-order valence-corrected chi connectivity index (χ3v) is 5.44. The first-order chi connectivity index (χ1) is 12.7. The summed E-state index contributed by atoms with van der Waals surface area (Å²) in [6, 6.07) is 8.67. The predicted octanol–water partition coefficient (Wildman–Crippen LogP) is 3.60. The minimum atomic E-state index is 0.299. The molecular weight excluding hydrogens is 324 g/mol. The summed E-state index contributed by atoms with van der Waals surface area (Å²) in [5.41, 5.74) is 17.8. The fraction of sp³-hybridized carbons (Fsp3) is 0.400. The lowest BCUT2D eigenvalue weighted by Crippen LogP contribution is -2.26. The van der Waals surface area contributed by atoms with Crippen molar-refractivity contribution in [1.82, 2.24) is 14.6 Å². The van der Waals surface area contributed by atoms with Gasteiger partial charge >= 0.3 is 0 Å². The molecule has 0 aliphatic heterocycles. The smallest absolute Gasteiger partial charge is 0.177 e. The monoisotopic (exact) mass is 350 g/mol. The van der Waals surface area contributed by atoms with Gasteiger partial charge in [0, 0.05) is 29.7 Å². The van der Waals surface area contributed by atoms with E-state index in [0.717, 1.165) is 54.7 Å². The molecule has 0 amide bonds. The molecule has 2 heterocycles. The quantitative estimate of drug-likeness (QED) is 0.668. The lowest BCUT2D eigenvalue weighted by Gasteiger charge is -2.29. The van der Waals surface area contributed by atoms with Crippen molar-refractivity contribution in [2.45, 2.75) is 51.0 Å². The van der Waals surface area contributed by atoms with E-state index in [9.17, 15) is 0 Å². The van der Waals surface area contributed by atoms with Crippen LogP contribution >= 0.6 is 0 Å². The number of benzene rings is 1. The Kier molecular flexibility index (Phi) is 4.51. The lowest BCUT2D eigenvalue weighted by atomic mass is 9.81. The number of nitrogen functional groups attached to an aromatic ring is 1. The van der Waals surface area contributed by atoms with Gasteiger partial charge in [-0.2, -0.15) is 0 Å². The maximum Gasteiger partial charge on any atom is 0.177 e. The molecule has 0 radical (unpaired) electrons. The van der Waals surface area contributed by atoms with Crippen molar-refractivity contribution in [3.8, 4) is 0 Å². The van der Waals surface area contributed by atoms with Gasteiger partial charge in [0.25, 0.3) is 0 Å². The molecule has 26 heavy (non-hydrogen) atoms. The van der Waals surface area contributed by atoms with Crippen molar-refractivity contribution in [1.29, 1.82) is 0 Å². The van der Waals surface area contributed by atoms with Crippen LogP contribution in [0.4, 0.5) is 17.2 Å². The number of anilines is 3. The van der Waals surface area contributed by atoms with Crippen LogP contribution in [0.2, 0.25) is 0 Å². The van der Waals surface area contributed by atoms with Gasteiger partial charge in [-0.05, 0) is 49.7 Å². The molecule has 1 saturated carbocycles. The molecule has 1 aliphatic rings. The van der Waals surface area contributed by atoms with Crippen LogP contribution in [0, 0.1) is 0 Å². The second kappa shape index (κ2) is 6.96. The summed E-state index contributed by atoms with van der Waals surface area (Å²) in [5, 5.41) is 8.17. The number of rotatable bonds is 4. The summed E-state index contributed by atoms with van der Waals surface area (Å²) in [6.45, 7) is 2.16. The minimum Gasteiger partial charge on any atom is -0.382 e. The van der Waals surface area contributed by atoms with Crippen LogP contribution in [0.5, 0.6) is 0 Å². The number of aryl methyl sites for hydroxylation is 1. The van der Waals surface area contributed by atoms with Crippen LogP contribution in [0.25, 0.3) is 5.65 Å². The van der Waals surface area contributed by atoms with Gasteiger partial charge in [0.1, 0.15) is 5.82 Å². The number of fused-ring (bicyclic) bond motifs is 1. The summed E-state index contributed by atoms with van der Waals surface area (Å²) in [4.78, 5) is 4.54. The lowest BCUT2D eigenvalue weighted by molar-refractivity contribution is 0.396. The van der Waals surface area contributed by atoms with E-state index in [-0.39, 0.29) is 0 Å². The van der Waals surface area contributed by atoms with E-state index in [2.05, 4.69) is 40.5 Å². The highest BCUT2D eigenvalue weighted by Gasteiger charge is 2.27. The molecular formula is C20H26N6. The van der Waals surface area contributed by atoms with E-state index in [1.54, 1.807) is 10.7 Å². The van der Waals surface area contributed by atoms with Crippen molar-refractivity contribution < 1.29 is 0 Å². The van der Waals surface area contributed by atoms with Crippen molar-refractivity contribution in [3.05, 3.63) is 47.8 Å². The zero-order chi connectivity index (χ0) is 18.1. The zero-order valence-corrected chi connectivity index (χ0v) is 15.2. The van der Waals surface area contributed by atoms with Crippen LogP contribution in [-0.2, 0) is 6.42 Å². The highest BCUT2D eigenvalue weighted by atomic mass is 15.3.